The molecular formula is C25H49N3O5. The second kappa shape index (κ2) is 17.2. The van der Waals surface area contributed by atoms with Crippen molar-refractivity contribution in [3.63, 3.8) is 0 Å². The van der Waals surface area contributed by atoms with E-state index in [1.165, 1.54) is 45.4 Å². The molecule has 5 N–H and O–H groups in total. The molecule has 1 saturated heterocycles. The van der Waals surface area contributed by atoms with E-state index in [1.807, 2.05) is 0 Å². The Morgan fingerprint density at radius 3 is 2.06 bits per heavy atom. The fourth-order valence-corrected chi connectivity index (χ4v) is 4.41. The van der Waals surface area contributed by atoms with Crippen LogP contribution in [0.5, 0.6) is 0 Å². The largest absolute Gasteiger partial charge is 0.392 e. The smallest absolute Gasteiger partial charge is 0.245 e. The van der Waals surface area contributed by atoms with Gasteiger partial charge in [-0.3, -0.25) is 14.5 Å². The monoisotopic (exact) mass is 471 g/mol. The summed E-state index contributed by atoms with van der Waals surface area (Å²) in [7, 11) is 0. The highest BCUT2D eigenvalue weighted by Gasteiger charge is 2.35. The molecule has 0 spiro atoms. The molecule has 5 unspecified atom stereocenters. The molecule has 0 radical (unpaired) electrons. The van der Waals surface area contributed by atoms with Crippen LogP contribution in [0.2, 0.25) is 0 Å². The van der Waals surface area contributed by atoms with Crippen LogP contribution in [-0.4, -0.2) is 82.1 Å². The highest BCUT2D eigenvalue weighted by molar-refractivity contribution is 5.97. The van der Waals surface area contributed by atoms with Gasteiger partial charge in [0, 0.05) is 13.1 Å². The third-order valence-corrected chi connectivity index (χ3v) is 6.30. The van der Waals surface area contributed by atoms with E-state index in [0.717, 1.165) is 38.6 Å². The van der Waals surface area contributed by atoms with E-state index >= 15 is 0 Å². The average Bonchev–Trinajstić information content (AvgIpc) is 2.74. The molecule has 1 aliphatic heterocycles. The predicted octanol–water partition coefficient (Wildman–Crippen LogP) is 2.10. The molecule has 33 heavy (non-hydrogen) atoms. The minimum Gasteiger partial charge on any atom is -0.392 e. The zero-order chi connectivity index (χ0) is 24.6. The summed E-state index contributed by atoms with van der Waals surface area (Å²) in [6, 6.07) is -1.47. The van der Waals surface area contributed by atoms with Crippen molar-refractivity contribution in [1.29, 1.82) is 0 Å². The van der Waals surface area contributed by atoms with Crippen LogP contribution in [0.15, 0.2) is 0 Å². The van der Waals surface area contributed by atoms with Crippen LogP contribution in [0.25, 0.3) is 0 Å². The van der Waals surface area contributed by atoms with E-state index in [-0.39, 0.29) is 11.8 Å². The third kappa shape index (κ3) is 13.3. The van der Waals surface area contributed by atoms with E-state index in [0.29, 0.717) is 19.5 Å². The normalized spacial score (nSPS) is 21.5. The standard InChI is InChI=1S/C25H49N3O5/c1-4-5-6-7-8-9-10-11-14-21(31)18-28(17-19(2)29)16-13-12-15-22-24(32)27-23(20(3)30)25(33)26-22/h19-23,29-31H,4-18H2,1-3H3,(H,26,33)(H,27,32). The summed E-state index contributed by atoms with van der Waals surface area (Å²) in [6.45, 7) is 7.22. The number of rotatable bonds is 19. The number of aliphatic hydroxyl groups is 3. The Bertz CT molecular complexity index is 544. The van der Waals surface area contributed by atoms with E-state index in [9.17, 15) is 24.9 Å². The zero-order valence-corrected chi connectivity index (χ0v) is 21.1. The number of carbonyl (C=O) groups is 2. The van der Waals surface area contributed by atoms with Crippen molar-refractivity contribution < 1.29 is 24.9 Å². The second-order valence-electron chi connectivity index (χ2n) is 9.81. The Hall–Kier alpha value is -1.22. The van der Waals surface area contributed by atoms with Gasteiger partial charge in [-0.15, -0.1) is 0 Å². The highest BCUT2D eigenvalue weighted by Crippen LogP contribution is 2.13. The van der Waals surface area contributed by atoms with Crippen LogP contribution in [0, 0.1) is 0 Å². The van der Waals surface area contributed by atoms with E-state index in [4.69, 9.17) is 0 Å². The van der Waals surface area contributed by atoms with Gasteiger partial charge < -0.3 is 26.0 Å². The Kier molecular flexibility index (Phi) is 15.6. The van der Waals surface area contributed by atoms with Crippen LogP contribution in [0.3, 0.4) is 0 Å². The Labute approximate surface area is 200 Å². The molecule has 8 nitrogen and oxygen atoms in total. The molecule has 1 aliphatic rings. The predicted molar refractivity (Wildman–Crippen MR) is 131 cm³/mol. The van der Waals surface area contributed by atoms with Crippen molar-refractivity contribution in [3.05, 3.63) is 0 Å². The van der Waals surface area contributed by atoms with Crippen LogP contribution in [0.1, 0.15) is 97.8 Å². The number of nitrogens with zero attached hydrogens (tertiary/aromatic N) is 1. The van der Waals surface area contributed by atoms with Crippen molar-refractivity contribution in [1.82, 2.24) is 15.5 Å². The van der Waals surface area contributed by atoms with Crippen molar-refractivity contribution in [3.8, 4) is 0 Å². The van der Waals surface area contributed by atoms with Crippen molar-refractivity contribution in [2.45, 2.75) is 128 Å². The SMILES string of the molecule is CCCCCCCCCCC(O)CN(CCCCC1NC(=O)C(C(C)O)NC1=O)CC(C)O. The number of hydrogen-bond acceptors (Lipinski definition) is 6. The molecule has 8 heteroatoms. The number of carbonyl (C=O) groups excluding carboxylic acids is 2. The van der Waals surface area contributed by atoms with Gasteiger partial charge in [-0.25, -0.2) is 0 Å². The first-order chi connectivity index (χ1) is 15.7. The maximum absolute atomic E-state index is 12.2. The minimum atomic E-state index is -0.929. The summed E-state index contributed by atoms with van der Waals surface area (Å²) in [4.78, 5) is 26.3. The molecular weight excluding hydrogens is 422 g/mol. The van der Waals surface area contributed by atoms with Gasteiger partial charge in [0.15, 0.2) is 0 Å². The Morgan fingerprint density at radius 1 is 0.818 bits per heavy atom. The second-order valence-corrected chi connectivity index (χ2v) is 9.81. The molecule has 0 aromatic carbocycles. The quantitative estimate of drug-likeness (QED) is 0.184. The maximum atomic E-state index is 12.2. The van der Waals surface area contributed by atoms with Crippen LogP contribution in [0.4, 0.5) is 0 Å². The van der Waals surface area contributed by atoms with E-state index < -0.39 is 30.4 Å². The molecule has 0 aliphatic carbocycles. The van der Waals surface area contributed by atoms with Gasteiger partial charge in [-0.2, -0.15) is 0 Å². The summed E-state index contributed by atoms with van der Waals surface area (Å²) < 4.78 is 0. The van der Waals surface area contributed by atoms with E-state index in [1.54, 1.807) is 6.92 Å². The van der Waals surface area contributed by atoms with Gasteiger partial charge in [0.2, 0.25) is 11.8 Å². The molecule has 2 amide bonds. The summed E-state index contributed by atoms with van der Waals surface area (Å²) in [6.07, 6.45) is 11.0. The molecule has 194 valence electrons. The molecule has 5 atom stereocenters. The summed E-state index contributed by atoms with van der Waals surface area (Å²) >= 11 is 0. The van der Waals surface area contributed by atoms with Gasteiger partial charge in [0.05, 0.1) is 18.3 Å². The first kappa shape index (κ1) is 29.8. The number of hydrogen-bond donors (Lipinski definition) is 5. The Morgan fingerprint density at radius 2 is 1.45 bits per heavy atom. The third-order valence-electron chi connectivity index (χ3n) is 6.30. The van der Waals surface area contributed by atoms with Gasteiger partial charge in [0.1, 0.15) is 12.1 Å². The molecule has 1 heterocycles. The number of amides is 2. The van der Waals surface area contributed by atoms with Gasteiger partial charge in [0.25, 0.3) is 0 Å². The summed E-state index contributed by atoms with van der Waals surface area (Å²) in [5.41, 5.74) is 0. The summed E-state index contributed by atoms with van der Waals surface area (Å²) in [5.74, 6) is -0.614. The molecule has 1 rings (SSSR count). The molecule has 0 aromatic rings. The Balaban J connectivity index is 2.26. The van der Waals surface area contributed by atoms with Crippen LogP contribution in [-0.2, 0) is 9.59 Å². The lowest BCUT2D eigenvalue weighted by atomic mass is 10.0. The van der Waals surface area contributed by atoms with E-state index in [2.05, 4.69) is 22.5 Å². The lowest BCUT2D eigenvalue weighted by Gasteiger charge is -2.31. The van der Waals surface area contributed by atoms with Crippen molar-refractivity contribution in [2.24, 2.45) is 0 Å². The van der Waals surface area contributed by atoms with Gasteiger partial charge in [-0.1, -0.05) is 58.3 Å². The first-order valence-electron chi connectivity index (χ1n) is 13.1. The molecule has 0 bridgehead atoms. The minimum absolute atomic E-state index is 0.262. The van der Waals surface area contributed by atoms with Gasteiger partial charge in [-0.05, 0) is 46.1 Å². The number of unbranched alkanes of at least 4 members (excludes halogenated alkanes) is 8. The maximum Gasteiger partial charge on any atom is 0.245 e. The molecule has 0 saturated carbocycles. The van der Waals surface area contributed by atoms with Gasteiger partial charge >= 0.3 is 0 Å². The van der Waals surface area contributed by atoms with Crippen molar-refractivity contribution in [2.75, 3.05) is 19.6 Å². The van der Waals surface area contributed by atoms with Crippen LogP contribution >= 0.6 is 0 Å². The zero-order valence-electron chi connectivity index (χ0n) is 21.1. The summed E-state index contributed by atoms with van der Waals surface area (Å²) in [5, 5.41) is 35.1. The van der Waals surface area contributed by atoms with Crippen molar-refractivity contribution >= 4 is 11.8 Å². The molecule has 0 aromatic heterocycles. The lowest BCUT2D eigenvalue weighted by Crippen LogP contribution is -2.64. The van der Waals surface area contributed by atoms with Crippen LogP contribution < -0.4 is 10.6 Å². The lowest BCUT2D eigenvalue weighted by molar-refractivity contribution is -0.139. The average molecular weight is 472 g/mol. The fraction of sp³-hybridized carbons (Fsp3) is 0.920. The topological polar surface area (TPSA) is 122 Å². The first-order valence-corrected chi connectivity index (χ1v) is 13.1. The highest BCUT2D eigenvalue weighted by atomic mass is 16.3. The number of aliphatic hydroxyl groups excluding tert-OH is 3. The number of nitrogens with one attached hydrogen (secondary N) is 2. The fourth-order valence-electron chi connectivity index (χ4n) is 4.41. The molecule has 1 fully saturated rings. The number of piperazine rings is 1.